The molecule has 4 nitrogen and oxygen atoms in total. The van der Waals surface area contributed by atoms with Gasteiger partial charge in [0.15, 0.2) is 5.92 Å². The molecule has 0 aromatic rings. The summed E-state index contributed by atoms with van der Waals surface area (Å²) in [4.78, 5) is 27.3. The van der Waals surface area contributed by atoms with Gasteiger partial charge in [0, 0.05) is 0 Å². The summed E-state index contributed by atoms with van der Waals surface area (Å²) in [5.41, 5.74) is 0. The van der Waals surface area contributed by atoms with E-state index in [0.29, 0.717) is 35.5 Å². The third kappa shape index (κ3) is 6.98. The third-order valence-electron chi connectivity index (χ3n) is 9.09. The predicted molar refractivity (Wildman–Crippen MR) is 133 cm³/mol. The number of carbonyl (C=O) groups excluding carboxylic acids is 2. The number of rotatable bonds is 7. The number of hydrogen-bond donors (Lipinski definition) is 0. The van der Waals surface area contributed by atoms with Gasteiger partial charge in [-0.15, -0.1) is 0 Å². The van der Waals surface area contributed by atoms with Gasteiger partial charge in [0.2, 0.25) is 0 Å². The molecule has 33 heavy (non-hydrogen) atoms. The predicted octanol–water partition coefficient (Wildman–Crippen LogP) is 7.19. The molecule has 0 saturated heterocycles. The molecule has 3 saturated carbocycles. The first-order chi connectivity index (χ1) is 15.7. The molecular weight excluding hydrogens is 412 g/mol. The minimum absolute atomic E-state index is 0.0655. The third-order valence-corrected chi connectivity index (χ3v) is 9.09. The van der Waals surface area contributed by atoms with Gasteiger partial charge in [-0.2, -0.15) is 0 Å². The molecule has 0 amide bonds. The summed E-state index contributed by atoms with van der Waals surface area (Å²) >= 11 is 0. The summed E-state index contributed by atoms with van der Waals surface area (Å²) in [6.07, 6.45) is 11.5. The van der Waals surface area contributed by atoms with Crippen molar-refractivity contribution in [1.29, 1.82) is 0 Å². The van der Waals surface area contributed by atoms with Crippen LogP contribution in [-0.2, 0) is 19.1 Å². The van der Waals surface area contributed by atoms with Crippen LogP contribution in [0.15, 0.2) is 0 Å². The summed E-state index contributed by atoms with van der Waals surface area (Å²) < 4.78 is 12.4. The molecule has 3 aliphatic rings. The quantitative estimate of drug-likeness (QED) is 0.297. The average Bonchev–Trinajstić information content (AvgIpc) is 2.74. The molecule has 4 heteroatoms. The molecule has 3 fully saturated rings. The molecular formula is C29H50O4. The van der Waals surface area contributed by atoms with E-state index in [9.17, 15) is 9.59 Å². The molecule has 0 aromatic heterocycles. The molecule has 6 unspecified atom stereocenters. The number of esters is 2. The Morgan fingerprint density at radius 2 is 1.06 bits per heavy atom. The maximum Gasteiger partial charge on any atom is 0.320 e. The van der Waals surface area contributed by atoms with E-state index in [1.54, 1.807) is 0 Å². The van der Waals surface area contributed by atoms with Crippen molar-refractivity contribution < 1.29 is 19.1 Å². The molecule has 0 aromatic carbocycles. The minimum atomic E-state index is -0.750. The summed E-state index contributed by atoms with van der Waals surface area (Å²) in [6.45, 7) is 13.4. The topological polar surface area (TPSA) is 52.6 Å². The Morgan fingerprint density at radius 1 is 0.636 bits per heavy atom. The van der Waals surface area contributed by atoms with E-state index in [0.717, 1.165) is 51.4 Å². The first kappa shape index (κ1) is 26.5. The highest BCUT2D eigenvalue weighted by Gasteiger charge is 2.43. The number of hydrogen-bond acceptors (Lipinski definition) is 4. The maximum atomic E-state index is 13.6. The van der Waals surface area contributed by atoms with Crippen molar-refractivity contribution in [3.05, 3.63) is 0 Å². The second kappa shape index (κ2) is 12.1. The zero-order valence-electron chi connectivity index (χ0n) is 22.2. The molecule has 190 valence electrons. The van der Waals surface area contributed by atoms with Crippen LogP contribution in [0.1, 0.15) is 112 Å². The fourth-order valence-electron chi connectivity index (χ4n) is 6.89. The smallest absolute Gasteiger partial charge is 0.320 e. The van der Waals surface area contributed by atoms with Crippen LogP contribution in [0.3, 0.4) is 0 Å². The zero-order chi connectivity index (χ0) is 24.1. The van der Waals surface area contributed by atoms with Crippen molar-refractivity contribution in [1.82, 2.24) is 0 Å². The van der Waals surface area contributed by atoms with Crippen LogP contribution in [0, 0.1) is 47.3 Å². The molecule has 0 spiro atoms. The summed E-state index contributed by atoms with van der Waals surface area (Å²) in [6, 6.07) is 0. The van der Waals surface area contributed by atoms with Crippen LogP contribution in [0.5, 0.6) is 0 Å². The Kier molecular flexibility index (Phi) is 9.71. The fourth-order valence-corrected chi connectivity index (χ4v) is 6.89. The lowest BCUT2D eigenvalue weighted by atomic mass is 9.75. The van der Waals surface area contributed by atoms with Gasteiger partial charge in [0.1, 0.15) is 12.2 Å². The van der Waals surface area contributed by atoms with Gasteiger partial charge in [-0.05, 0) is 80.0 Å². The fraction of sp³-hybridized carbons (Fsp3) is 0.931. The van der Waals surface area contributed by atoms with Crippen molar-refractivity contribution in [3.63, 3.8) is 0 Å². The lowest BCUT2D eigenvalue weighted by Gasteiger charge is -2.39. The second-order valence-electron chi connectivity index (χ2n) is 12.5. The van der Waals surface area contributed by atoms with Crippen LogP contribution in [0.4, 0.5) is 0 Å². The summed E-state index contributed by atoms with van der Waals surface area (Å²) in [5.74, 6) is 1.56. The maximum absolute atomic E-state index is 13.6. The van der Waals surface area contributed by atoms with Crippen LogP contribution < -0.4 is 0 Å². The van der Waals surface area contributed by atoms with Gasteiger partial charge in [0.05, 0.1) is 0 Å². The largest absolute Gasteiger partial charge is 0.461 e. The highest BCUT2D eigenvalue weighted by Crippen LogP contribution is 2.39. The molecule has 6 atom stereocenters. The van der Waals surface area contributed by atoms with E-state index in [4.69, 9.17) is 9.47 Å². The summed E-state index contributed by atoms with van der Waals surface area (Å²) in [7, 11) is 0. The van der Waals surface area contributed by atoms with Gasteiger partial charge < -0.3 is 9.47 Å². The normalized spacial score (nSPS) is 34.8. The second-order valence-corrected chi connectivity index (χ2v) is 12.5. The van der Waals surface area contributed by atoms with E-state index in [-0.39, 0.29) is 30.1 Å². The van der Waals surface area contributed by atoms with E-state index >= 15 is 0 Å². The zero-order valence-corrected chi connectivity index (χ0v) is 22.2. The molecule has 0 heterocycles. The number of carbonyl (C=O) groups is 2. The van der Waals surface area contributed by atoms with Crippen LogP contribution >= 0.6 is 0 Å². The minimum Gasteiger partial charge on any atom is -0.461 e. The van der Waals surface area contributed by atoms with E-state index in [1.807, 2.05) is 0 Å². The monoisotopic (exact) mass is 462 g/mol. The van der Waals surface area contributed by atoms with Crippen molar-refractivity contribution >= 4 is 11.9 Å². The van der Waals surface area contributed by atoms with Gasteiger partial charge in [-0.1, -0.05) is 73.6 Å². The Balaban J connectivity index is 1.75. The standard InChI is InChI=1S/C29H50O4/c1-18(2)23-14-12-20(5)16-25(23)32-28(30)27(22-10-8-7-9-11-22)29(31)33-26-17-21(6)13-15-24(26)19(3)4/h18-27H,7-17H2,1-6H3. The Morgan fingerprint density at radius 3 is 1.45 bits per heavy atom. The first-order valence-electron chi connectivity index (χ1n) is 14.1. The summed E-state index contributed by atoms with van der Waals surface area (Å²) in [5, 5.41) is 0. The molecule has 0 bridgehead atoms. The van der Waals surface area contributed by atoms with Crippen LogP contribution in [0.2, 0.25) is 0 Å². The van der Waals surface area contributed by atoms with Crippen molar-refractivity contribution in [2.75, 3.05) is 0 Å². The van der Waals surface area contributed by atoms with E-state index < -0.39 is 5.92 Å². The Hall–Kier alpha value is -1.06. The Bertz CT molecular complexity index is 590. The molecule has 0 N–H and O–H groups in total. The van der Waals surface area contributed by atoms with E-state index in [2.05, 4.69) is 41.5 Å². The van der Waals surface area contributed by atoms with Crippen molar-refractivity contribution in [3.8, 4) is 0 Å². The van der Waals surface area contributed by atoms with Crippen LogP contribution in [0.25, 0.3) is 0 Å². The Labute approximate surface area is 202 Å². The van der Waals surface area contributed by atoms with Gasteiger partial charge >= 0.3 is 11.9 Å². The highest BCUT2D eigenvalue weighted by atomic mass is 16.6. The van der Waals surface area contributed by atoms with Crippen molar-refractivity contribution in [2.45, 2.75) is 124 Å². The number of ether oxygens (including phenoxy) is 2. The van der Waals surface area contributed by atoms with Crippen LogP contribution in [-0.4, -0.2) is 24.1 Å². The van der Waals surface area contributed by atoms with E-state index in [1.165, 1.54) is 19.3 Å². The highest BCUT2D eigenvalue weighted by molar-refractivity contribution is 5.95. The SMILES string of the molecule is CC1CCC(C(C)C)C(OC(=O)C(C(=O)OC2CC(C)CCC2C(C)C)C2CCCCC2)C1. The molecule has 0 radical (unpaired) electrons. The molecule has 3 aliphatic carbocycles. The van der Waals surface area contributed by atoms with Gasteiger partial charge in [-0.3, -0.25) is 9.59 Å². The van der Waals surface area contributed by atoms with Crippen molar-refractivity contribution in [2.24, 2.45) is 47.3 Å². The first-order valence-corrected chi connectivity index (χ1v) is 14.1. The molecule has 3 rings (SSSR count). The lowest BCUT2D eigenvalue weighted by molar-refractivity contribution is -0.178. The van der Waals surface area contributed by atoms with Gasteiger partial charge in [-0.25, -0.2) is 0 Å². The van der Waals surface area contributed by atoms with Gasteiger partial charge in [0.25, 0.3) is 0 Å². The average molecular weight is 463 g/mol. The lowest BCUT2D eigenvalue weighted by Crippen LogP contribution is -2.44. The molecule has 0 aliphatic heterocycles.